The summed E-state index contributed by atoms with van der Waals surface area (Å²) in [5.41, 5.74) is 0.388. The van der Waals surface area contributed by atoms with Crippen LogP contribution in [-0.4, -0.2) is 16.1 Å². The Labute approximate surface area is 92.8 Å². The summed E-state index contributed by atoms with van der Waals surface area (Å²) in [5.74, 6) is 1.82. The van der Waals surface area contributed by atoms with Crippen molar-refractivity contribution in [1.29, 1.82) is 5.26 Å². The van der Waals surface area contributed by atoms with E-state index in [1.54, 1.807) is 0 Å². The van der Waals surface area contributed by atoms with Crippen LogP contribution in [0.2, 0.25) is 0 Å². The van der Waals surface area contributed by atoms with Gasteiger partial charge in [-0.25, -0.2) is 0 Å². The molecule has 0 aromatic carbocycles. The zero-order valence-corrected chi connectivity index (χ0v) is 8.73. The van der Waals surface area contributed by atoms with Crippen LogP contribution in [0.5, 0.6) is 0 Å². The predicted octanol–water partition coefficient (Wildman–Crippen LogP) is 1.27. The number of nitrogens with one attached hydrogen (secondary N) is 2. The first-order chi connectivity index (χ1) is 7.81. The second-order valence-corrected chi connectivity index (χ2v) is 4.54. The summed E-state index contributed by atoms with van der Waals surface area (Å²) in [4.78, 5) is 11.9. The first-order valence-electron chi connectivity index (χ1n) is 5.55. The third kappa shape index (κ3) is 1.30. The van der Waals surface area contributed by atoms with Crippen LogP contribution >= 0.6 is 0 Å². The number of carbonyl (C=O) groups is 1. The summed E-state index contributed by atoms with van der Waals surface area (Å²) in [6.45, 7) is 0. The summed E-state index contributed by atoms with van der Waals surface area (Å²) < 4.78 is 0. The zero-order valence-electron chi connectivity index (χ0n) is 8.73. The first-order valence-corrected chi connectivity index (χ1v) is 5.55. The molecule has 0 spiro atoms. The van der Waals surface area contributed by atoms with Gasteiger partial charge in [0.2, 0.25) is 5.91 Å². The molecule has 0 radical (unpaired) electrons. The molecule has 1 heterocycles. The molecule has 0 bridgehead atoms. The molecule has 5 nitrogen and oxygen atoms in total. The lowest BCUT2D eigenvalue weighted by atomic mass is 10.1. The number of aromatic nitrogens is 2. The van der Waals surface area contributed by atoms with Crippen LogP contribution in [0.25, 0.3) is 0 Å². The van der Waals surface area contributed by atoms with Crippen molar-refractivity contribution >= 4 is 11.7 Å². The van der Waals surface area contributed by atoms with Gasteiger partial charge in [0.05, 0.1) is 6.20 Å². The molecule has 2 saturated carbocycles. The van der Waals surface area contributed by atoms with E-state index in [0.29, 0.717) is 23.2 Å². The molecule has 0 saturated heterocycles. The van der Waals surface area contributed by atoms with Gasteiger partial charge >= 0.3 is 0 Å². The largest absolute Gasteiger partial charge is 0.310 e. The zero-order chi connectivity index (χ0) is 11.1. The Morgan fingerprint density at radius 1 is 1.56 bits per heavy atom. The second-order valence-electron chi connectivity index (χ2n) is 4.54. The fourth-order valence-electron chi connectivity index (χ4n) is 2.88. The summed E-state index contributed by atoms with van der Waals surface area (Å²) in [7, 11) is 0. The van der Waals surface area contributed by atoms with Gasteiger partial charge in [-0.3, -0.25) is 9.89 Å². The highest BCUT2D eigenvalue weighted by Crippen LogP contribution is 2.57. The Morgan fingerprint density at radius 3 is 3.00 bits per heavy atom. The highest BCUT2D eigenvalue weighted by atomic mass is 16.2. The smallest absolute Gasteiger partial charge is 0.229 e. The number of H-pyrrole nitrogens is 1. The van der Waals surface area contributed by atoms with E-state index >= 15 is 0 Å². The third-order valence-electron chi connectivity index (χ3n) is 3.72. The molecule has 2 fully saturated rings. The highest BCUT2D eigenvalue weighted by Gasteiger charge is 2.56. The molecule has 2 aliphatic rings. The Morgan fingerprint density at radius 2 is 2.31 bits per heavy atom. The SMILES string of the molecule is N#Cc1cn[nH]c1NC(=O)C1C2CCCC21. The number of carbonyl (C=O) groups excluding carboxylic acids is 1. The van der Waals surface area contributed by atoms with Crippen molar-refractivity contribution in [3.8, 4) is 6.07 Å². The van der Waals surface area contributed by atoms with Crippen molar-refractivity contribution < 1.29 is 4.79 Å². The maximum Gasteiger partial charge on any atom is 0.229 e. The van der Waals surface area contributed by atoms with E-state index in [1.165, 1.54) is 25.5 Å². The Hall–Kier alpha value is -1.83. The molecule has 16 heavy (non-hydrogen) atoms. The summed E-state index contributed by atoms with van der Waals surface area (Å²) in [6, 6.07) is 1.98. The topological polar surface area (TPSA) is 81.6 Å². The number of aromatic amines is 1. The lowest BCUT2D eigenvalue weighted by Gasteiger charge is -2.04. The number of fused-ring (bicyclic) bond motifs is 1. The van der Waals surface area contributed by atoms with E-state index in [1.807, 2.05) is 6.07 Å². The van der Waals surface area contributed by atoms with Crippen molar-refractivity contribution in [2.24, 2.45) is 17.8 Å². The van der Waals surface area contributed by atoms with Crippen molar-refractivity contribution in [3.05, 3.63) is 11.8 Å². The molecule has 1 amide bonds. The van der Waals surface area contributed by atoms with Crippen LogP contribution in [0.3, 0.4) is 0 Å². The van der Waals surface area contributed by atoms with Gasteiger partial charge in [-0.1, -0.05) is 6.42 Å². The molecular weight excluding hydrogens is 204 g/mol. The molecule has 1 aromatic heterocycles. The number of anilines is 1. The summed E-state index contributed by atoms with van der Waals surface area (Å²) >= 11 is 0. The van der Waals surface area contributed by atoms with Crippen molar-refractivity contribution in [2.45, 2.75) is 19.3 Å². The molecule has 1 aromatic rings. The standard InChI is InChI=1S/C11H12N4O/c12-4-6-5-13-15-10(6)14-11(16)9-7-2-1-3-8(7)9/h5,7-9H,1-3H2,(H2,13,14,15,16). The Balaban J connectivity index is 1.68. The molecule has 0 aliphatic heterocycles. The van der Waals surface area contributed by atoms with E-state index in [2.05, 4.69) is 15.5 Å². The number of hydrogen-bond acceptors (Lipinski definition) is 3. The maximum absolute atomic E-state index is 11.9. The summed E-state index contributed by atoms with van der Waals surface area (Å²) in [5, 5.41) is 17.9. The van der Waals surface area contributed by atoms with Gasteiger partial charge < -0.3 is 5.32 Å². The van der Waals surface area contributed by atoms with Gasteiger partial charge in [0, 0.05) is 5.92 Å². The Kier molecular flexibility index (Phi) is 1.96. The van der Waals surface area contributed by atoms with E-state index in [4.69, 9.17) is 5.26 Å². The van der Waals surface area contributed by atoms with Gasteiger partial charge in [-0.05, 0) is 24.7 Å². The highest BCUT2D eigenvalue weighted by molar-refractivity contribution is 5.95. The average Bonchev–Trinajstić information content (AvgIpc) is 2.71. The molecule has 3 rings (SSSR count). The molecule has 2 aliphatic carbocycles. The van der Waals surface area contributed by atoms with Gasteiger partial charge in [0.25, 0.3) is 0 Å². The predicted molar refractivity (Wildman–Crippen MR) is 56.3 cm³/mol. The molecule has 2 unspecified atom stereocenters. The number of hydrogen-bond donors (Lipinski definition) is 2. The number of amides is 1. The van der Waals surface area contributed by atoms with Crippen LogP contribution in [0.1, 0.15) is 24.8 Å². The minimum atomic E-state index is 0.0375. The van der Waals surface area contributed by atoms with Crippen LogP contribution in [-0.2, 0) is 4.79 Å². The van der Waals surface area contributed by atoms with E-state index < -0.39 is 0 Å². The first kappa shape index (κ1) is 9.40. The van der Waals surface area contributed by atoms with Gasteiger partial charge in [0.1, 0.15) is 17.5 Å². The lowest BCUT2D eigenvalue weighted by Crippen LogP contribution is -2.17. The molecule has 2 atom stereocenters. The van der Waals surface area contributed by atoms with Crippen LogP contribution in [0.4, 0.5) is 5.82 Å². The number of nitrogens with zero attached hydrogens (tertiary/aromatic N) is 2. The fraction of sp³-hybridized carbons (Fsp3) is 0.545. The average molecular weight is 216 g/mol. The number of rotatable bonds is 2. The molecule has 5 heteroatoms. The fourth-order valence-corrected chi connectivity index (χ4v) is 2.88. The van der Waals surface area contributed by atoms with E-state index in [-0.39, 0.29) is 11.8 Å². The number of nitriles is 1. The van der Waals surface area contributed by atoms with Crippen molar-refractivity contribution in [3.63, 3.8) is 0 Å². The Bertz CT molecular complexity index is 463. The quantitative estimate of drug-likeness (QED) is 0.780. The van der Waals surface area contributed by atoms with Crippen LogP contribution < -0.4 is 5.32 Å². The normalized spacial score (nSPS) is 30.6. The second kappa shape index (κ2) is 3.34. The van der Waals surface area contributed by atoms with E-state index in [9.17, 15) is 4.79 Å². The van der Waals surface area contributed by atoms with Crippen molar-refractivity contribution in [1.82, 2.24) is 10.2 Å². The van der Waals surface area contributed by atoms with Crippen molar-refractivity contribution in [2.75, 3.05) is 5.32 Å². The molecule has 2 N–H and O–H groups in total. The van der Waals surface area contributed by atoms with Crippen LogP contribution in [0.15, 0.2) is 6.20 Å². The maximum atomic E-state index is 11.9. The molecule has 82 valence electrons. The summed E-state index contributed by atoms with van der Waals surface area (Å²) in [6.07, 6.45) is 5.03. The van der Waals surface area contributed by atoms with Gasteiger partial charge in [-0.15, -0.1) is 0 Å². The minimum absolute atomic E-state index is 0.0375. The minimum Gasteiger partial charge on any atom is -0.310 e. The lowest BCUT2D eigenvalue weighted by molar-refractivity contribution is -0.118. The van der Waals surface area contributed by atoms with Gasteiger partial charge in [0.15, 0.2) is 0 Å². The van der Waals surface area contributed by atoms with Crippen LogP contribution in [0, 0.1) is 29.1 Å². The van der Waals surface area contributed by atoms with E-state index in [0.717, 1.165) is 0 Å². The monoisotopic (exact) mass is 216 g/mol. The molecular formula is C11H12N4O. The third-order valence-corrected chi connectivity index (χ3v) is 3.72. The van der Waals surface area contributed by atoms with Gasteiger partial charge in [-0.2, -0.15) is 10.4 Å².